The van der Waals surface area contributed by atoms with Crippen molar-refractivity contribution < 1.29 is 14.5 Å². The molecule has 5 nitrogen and oxygen atoms in total. The number of aldehydes is 1. The molecule has 1 aromatic rings. The van der Waals surface area contributed by atoms with Gasteiger partial charge in [-0.3, -0.25) is 19.7 Å². The molecule has 0 N–H and O–H groups in total. The van der Waals surface area contributed by atoms with Crippen LogP contribution in [0.15, 0.2) is 12.1 Å². The highest BCUT2D eigenvalue weighted by Gasteiger charge is 2.19. The van der Waals surface area contributed by atoms with Crippen molar-refractivity contribution in [3.63, 3.8) is 0 Å². The minimum Gasteiger partial charge on any atom is -0.298 e. The van der Waals surface area contributed by atoms with Gasteiger partial charge in [-0.15, -0.1) is 11.6 Å². The van der Waals surface area contributed by atoms with Crippen LogP contribution in [-0.2, 0) is 0 Å². The van der Waals surface area contributed by atoms with Gasteiger partial charge in [0.25, 0.3) is 5.69 Å². The average molecular weight is 242 g/mol. The molecule has 6 heteroatoms. The predicted octanol–water partition coefficient (Wildman–Crippen LogP) is 2.14. The van der Waals surface area contributed by atoms with Crippen LogP contribution in [0.4, 0.5) is 5.69 Å². The number of hydrogen-bond donors (Lipinski definition) is 0. The summed E-state index contributed by atoms with van der Waals surface area (Å²) in [6.45, 7) is 1.59. The molecule has 0 unspecified atom stereocenters. The second-order valence-electron chi connectivity index (χ2n) is 3.16. The molecule has 0 atom stereocenters. The zero-order valence-corrected chi connectivity index (χ0v) is 9.15. The van der Waals surface area contributed by atoms with Crippen LogP contribution in [0.1, 0.15) is 26.3 Å². The van der Waals surface area contributed by atoms with Crippen LogP contribution in [-0.4, -0.2) is 22.9 Å². The number of Topliss-reactive ketones (excluding diaryl/α,β-unsaturated/α-hetero) is 1. The van der Waals surface area contributed by atoms with Crippen LogP contribution in [0.25, 0.3) is 0 Å². The highest BCUT2D eigenvalue weighted by Crippen LogP contribution is 2.22. The maximum atomic E-state index is 11.4. The van der Waals surface area contributed by atoms with Crippen molar-refractivity contribution in [1.82, 2.24) is 0 Å². The van der Waals surface area contributed by atoms with Gasteiger partial charge in [0, 0.05) is 11.6 Å². The van der Waals surface area contributed by atoms with E-state index in [4.69, 9.17) is 11.6 Å². The molecule has 0 saturated carbocycles. The third kappa shape index (κ3) is 2.25. The number of hydrogen-bond acceptors (Lipinski definition) is 4. The number of halogens is 1. The Hall–Kier alpha value is -1.75. The molecule has 0 bridgehead atoms. The molecule has 0 aliphatic rings. The molecule has 0 saturated heterocycles. The highest BCUT2D eigenvalue weighted by molar-refractivity contribution is 6.30. The number of ketones is 1. The van der Waals surface area contributed by atoms with Crippen molar-refractivity contribution in [3.8, 4) is 0 Å². The number of nitro groups is 1. The number of benzene rings is 1. The van der Waals surface area contributed by atoms with Gasteiger partial charge in [0.1, 0.15) is 0 Å². The monoisotopic (exact) mass is 241 g/mol. The molecule has 0 aliphatic carbocycles. The smallest absolute Gasteiger partial charge is 0.280 e. The van der Waals surface area contributed by atoms with Crippen LogP contribution in [0.5, 0.6) is 0 Å². The maximum absolute atomic E-state index is 11.4. The second kappa shape index (κ2) is 4.85. The lowest BCUT2D eigenvalue weighted by Crippen LogP contribution is -2.06. The Kier molecular flexibility index (Phi) is 3.73. The summed E-state index contributed by atoms with van der Waals surface area (Å²) in [6, 6.07) is 2.40. The first kappa shape index (κ1) is 12.3. The number of carbonyl (C=O) groups is 2. The molecule has 16 heavy (non-hydrogen) atoms. The number of nitro benzene ring substituents is 1. The fourth-order valence-corrected chi connectivity index (χ4v) is 1.49. The normalized spacial score (nSPS) is 9.88. The topological polar surface area (TPSA) is 77.3 Å². The lowest BCUT2D eigenvalue weighted by Gasteiger charge is -2.04. The predicted molar refractivity (Wildman–Crippen MR) is 58.3 cm³/mol. The van der Waals surface area contributed by atoms with E-state index in [-0.39, 0.29) is 22.7 Å². The van der Waals surface area contributed by atoms with Crippen LogP contribution in [0.3, 0.4) is 0 Å². The standard InChI is InChI=1S/C10H8ClNO4/c1-6-2-7(5-13)9(12(15)16)3-8(6)10(14)4-11/h2-3,5H,4H2,1H3. The van der Waals surface area contributed by atoms with Crippen LogP contribution < -0.4 is 0 Å². The Balaban J connectivity index is 3.44. The van der Waals surface area contributed by atoms with E-state index in [1.54, 1.807) is 6.92 Å². The summed E-state index contributed by atoms with van der Waals surface area (Å²) >= 11 is 5.38. The summed E-state index contributed by atoms with van der Waals surface area (Å²) in [5.74, 6) is -0.655. The van der Waals surface area contributed by atoms with Gasteiger partial charge >= 0.3 is 0 Å². The SMILES string of the molecule is Cc1cc(C=O)c([N+](=O)[O-])cc1C(=O)CCl. The van der Waals surface area contributed by atoms with Crippen molar-refractivity contribution in [2.24, 2.45) is 0 Å². The Morgan fingerprint density at radius 3 is 2.62 bits per heavy atom. The van der Waals surface area contributed by atoms with E-state index in [1.807, 2.05) is 0 Å². The molecule has 0 radical (unpaired) electrons. The Bertz CT molecular complexity index is 470. The first-order valence-electron chi connectivity index (χ1n) is 4.34. The molecule has 1 rings (SSSR count). The van der Waals surface area contributed by atoms with Gasteiger partial charge in [0.05, 0.1) is 16.4 Å². The lowest BCUT2D eigenvalue weighted by molar-refractivity contribution is -0.385. The number of alkyl halides is 1. The third-order valence-corrected chi connectivity index (χ3v) is 2.36. The summed E-state index contributed by atoms with van der Waals surface area (Å²) < 4.78 is 0. The molecule has 0 aromatic heterocycles. The minimum absolute atomic E-state index is 0.0476. The second-order valence-corrected chi connectivity index (χ2v) is 3.42. The van der Waals surface area contributed by atoms with E-state index in [2.05, 4.69) is 0 Å². The van der Waals surface area contributed by atoms with Gasteiger partial charge < -0.3 is 0 Å². The molecule has 1 aromatic carbocycles. The third-order valence-electron chi connectivity index (χ3n) is 2.12. The van der Waals surface area contributed by atoms with E-state index in [0.717, 1.165) is 6.07 Å². The Morgan fingerprint density at radius 1 is 1.56 bits per heavy atom. The molecule has 0 fully saturated rings. The first-order chi connectivity index (χ1) is 7.51. The zero-order chi connectivity index (χ0) is 12.3. The summed E-state index contributed by atoms with van der Waals surface area (Å²) in [5, 5.41) is 10.7. The first-order valence-corrected chi connectivity index (χ1v) is 4.88. The van der Waals surface area contributed by atoms with Crippen LogP contribution in [0.2, 0.25) is 0 Å². The van der Waals surface area contributed by atoms with E-state index in [0.29, 0.717) is 11.8 Å². The van der Waals surface area contributed by atoms with E-state index >= 15 is 0 Å². The quantitative estimate of drug-likeness (QED) is 0.266. The number of carbonyl (C=O) groups excluding carboxylic acids is 2. The Labute approximate surface area is 96.2 Å². The summed E-state index contributed by atoms with van der Waals surface area (Å²) in [6.07, 6.45) is 0.389. The van der Waals surface area contributed by atoms with Crippen molar-refractivity contribution in [2.45, 2.75) is 6.92 Å². The number of nitrogens with zero attached hydrogens (tertiary/aromatic N) is 1. The van der Waals surface area contributed by atoms with Gasteiger partial charge in [-0.25, -0.2) is 0 Å². The largest absolute Gasteiger partial charge is 0.298 e. The van der Waals surface area contributed by atoms with Crippen molar-refractivity contribution in [3.05, 3.63) is 38.9 Å². The zero-order valence-electron chi connectivity index (χ0n) is 8.40. The maximum Gasteiger partial charge on any atom is 0.280 e. The molecule has 84 valence electrons. The van der Waals surface area contributed by atoms with E-state index < -0.39 is 10.7 Å². The Morgan fingerprint density at radius 2 is 2.19 bits per heavy atom. The van der Waals surface area contributed by atoms with Gasteiger partial charge in [-0.2, -0.15) is 0 Å². The van der Waals surface area contributed by atoms with Crippen molar-refractivity contribution >= 4 is 29.4 Å². The highest BCUT2D eigenvalue weighted by atomic mass is 35.5. The molecule has 0 spiro atoms. The number of aryl methyl sites for hydroxylation is 1. The van der Waals surface area contributed by atoms with Gasteiger partial charge in [0.2, 0.25) is 0 Å². The summed E-state index contributed by atoms with van der Waals surface area (Å²) in [4.78, 5) is 31.9. The molecular weight excluding hydrogens is 234 g/mol. The van der Waals surface area contributed by atoms with E-state index in [9.17, 15) is 19.7 Å². The fraction of sp³-hybridized carbons (Fsp3) is 0.200. The summed E-state index contributed by atoms with van der Waals surface area (Å²) in [5.41, 5.74) is 0.244. The lowest BCUT2D eigenvalue weighted by atomic mass is 10.0. The molecule has 0 aliphatic heterocycles. The van der Waals surface area contributed by atoms with E-state index in [1.165, 1.54) is 6.07 Å². The van der Waals surface area contributed by atoms with Crippen molar-refractivity contribution in [2.75, 3.05) is 5.88 Å². The average Bonchev–Trinajstić information content (AvgIpc) is 2.27. The minimum atomic E-state index is -0.700. The summed E-state index contributed by atoms with van der Waals surface area (Å²) in [7, 11) is 0. The molecule has 0 amide bonds. The van der Waals surface area contributed by atoms with Gasteiger partial charge in [0.15, 0.2) is 12.1 Å². The van der Waals surface area contributed by atoms with Gasteiger partial charge in [-0.05, 0) is 18.6 Å². The van der Waals surface area contributed by atoms with Crippen LogP contribution >= 0.6 is 11.6 Å². The molecule has 0 heterocycles. The van der Waals surface area contributed by atoms with Crippen LogP contribution in [0, 0.1) is 17.0 Å². The van der Waals surface area contributed by atoms with Gasteiger partial charge in [-0.1, -0.05) is 0 Å². The van der Waals surface area contributed by atoms with Crippen molar-refractivity contribution in [1.29, 1.82) is 0 Å². The molecular formula is C10H8ClNO4. The number of rotatable bonds is 4. The fourth-order valence-electron chi connectivity index (χ4n) is 1.34.